The van der Waals surface area contributed by atoms with Gasteiger partial charge in [0.1, 0.15) is 0 Å². The molecule has 0 radical (unpaired) electrons. The summed E-state index contributed by atoms with van der Waals surface area (Å²) in [5.74, 6) is 0.0223. The van der Waals surface area contributed by atoms with E-state index in [-0.39, 0.29) is 5.97 Å². The van der Waals surface area contributed by atoms with Gasteiger partial charge < -0.3 is 4.74 Å². The van der Waals surface area contributed by atoms with Crippen molar-refractivity contribution in [1.82, 2.24) is 0 Å². The zero-order valence-electron chi connectivity index (χ0n) is 26.4. The fourth-order valence-electron chi connectivity index (χ4n) is 5.25. The van der Waals surface area contributed by atoms with E-state index in [1.54, 1.807) is 0 Å². The summed E-state index contributed by atoms with van der Waals surface area (Å²) in [5.41, 5.74) is 0. The lowest BCUT2D eigenvalue weighted by atomic mass is 10.1. The molecular formula is C36H70O2. The molecule has 226 valence electrons. The Hall–Kier alpha value is -0.790. The standard InChI is InChI=1S/C36H70O2/c1-3-5-7-9-11-13-15-17-18-19-20-21-22-23-24-26-28-30-32-34-36(37)38-35-33-31-29-27-25-16-14-12-10-8-6-4-2/h17-18H,3-16,19-35H2,1-2H3/b18-17-. The number of unbranched alkanes of at least 4 members (excludes halogenated alkanes) is 26. The monoisotopic (exact) mass is 535 g/mol. The van der Waals surface area contributed by atoms with E-state index in [4.69, 9.17) is 4.74 Å². The SMILES string of the molecule is CCCCCCCC/C=C\CCCCCCCCCCCC(=O)OCCCCCCCCCCCCCC. The van der Waals surface area contributed by atoms with Crippen molar-refractivity contribution in [3.63, 3.8) is 0 Å². The second kappa shape index (κ2) is 34.2. The van der Waals surface area contributed by atoms with Crippen LogP contribution in [0.15, 0.2) is 12.2 Å². The second-order valence-corrected chi connectivity index (χ2v) is 11.9. The molecule has 0 amide bonds. The maximum absolute atomic E-state index is 11.9. The van der Waals surface area contributed by atoms with Crippen molar-refractivity contribution >= 4 is 5.97 Å². The third kappa shape index (κ3) is 33.2. The van der Waals surface area contributed by atoms with Crippen LogP contribution in [0.25, 0.3) is 0 Å². The molecule has 2 heteroatoms. The van der Waals surface area contributed by atoms with E-state index < -0.39 is 0 Å². The number of esters is 1. The number of hydrogen-bond donors (Lipinski definition) is 0. The number of hydrogen-bond acceptors (Lipinski definition) is 2. The highest BCUT2D eigenvalue weighted by molar-refractivity contribution is 5.69. The van der Waals surface area contributed by atoms with E-state index in [1.807, 2.05) is 0 Å². The van der Waals surface area contributed by atoms with Crippen LogP contribution in [-0.4, -0.2) is 12.6 Å². The van der Waals surface area contributed by atoms with Gasteiger partial charge in [0.15, 0.2) is 0 Å². The molecule has 0 aliphatic heterocycles. The predicted octanol–water partition coefficient (Wildman–Crippen LogP) is 12.8. The van der Waals surface area contributed by atoms with Gasteiger partial charge in [-0.05, 0) is 38.5 Å². The minimum Gasteiger partial charge on any atom is -0.466 e. The largest absolute Gasteiger partial charge is 0.466 e. The van der Waals surface area contributed by atoms with E-state index in [0.29, 0.717) is 13.0 Å². The molecule has 38 heavy (non-hydrogen) atoms. The summed E-state index contributed by atoms with van der Waals surface area (Å²) in [6, 6.07) is 0. The zero-order valence-corrected chi connectivity index (χ0v) is 26.4. The molecule has 0 saturated heterocycles. The van der Waals surface area contributed by atoms with Gasteiger partial charge in [-0.3, -0.25) is 4.79 Å². The van der Waals surface area contributed by atoms with Crippen LogP contribution in [0.2, 0.25) is 0 Å². The highest BCUT2D eigenvalue weighted by atomic mass is 16.5. The minimum absolute atomic E-state index is 0.0223. The number of allylic oxidation sites excluding steroid dienone is 2. The predicted molar refractivity (Wildman–Crippen MR) is 170 cm³/mol. The molecule has 0 aromatic carbocycles. The first-order valence-corrected chi connectivity index (χ1v) is 17.6. The first kappa shape index (κ1) is 37.2. The van der Waals surface area contributed by atoms with Crippen LogP contribution in [0, 0.1) is 0 Å². The van der Waals surface area contributed by atoms with Gasteiger partial charge in [0.2, 0.25) is 0 Å². The van der Waals surface area contributed by atoms with Crippen molar-refractivity contribution in [2.45, 2.75) is 206 Å². The van der Waals surface area contributed by atoms with Gasteiger partial charge in [-0.25, -0.2) is 0 Å². The lowest BCUT2D eigenvalue weighted by Gasteiger charge is -2.06. The minimum atomic E-state index is 0.0223. The van der Waals surface area contributed by atoms with Crippen LogP contribution in [0.4, 0.5) is 0 Å². The number of carbonyl (C=O) groups excluding carboxylic acids is 1. The molecule has 0 aliphatic rings. The van der Waals surface area contributed by atoms with Crippen molar-refractivity contribution in [2.24, 2.45) is 0 Å². The smallest absolute Gasteiger partial charge is 0.305 e. The molecule has 0 fully saturated rings. The maximum atomic E-state index is 11.9. The van der Waals surface area contributed by atoms with E-state index >= 15 is 0 Å². The molecule has 0 aromatic rings. The van der Waals surface area contributed by atoms with E-state index in [2.05, 4.69) is 26.0 Å². The quantitative estimate of drug-likeness (QED) is 0.0487. The summed E-state index contributed by atoms with van der Waals surface area (Å²) < 4.78 is 5.43. The molecule has 0 rings (SSSR count). The molecule has 0 unspecified atom stereocenters. The van der Waals surface area contributed by atoms with E-state index in [0.717, 1.165) is 12.8 Å². The van der Waals surface area contributed by atoms with Gasteiger partial charge >= 0.3 is 5.97 Å². The summed E-state index contributed by atoms with van der Waals surface area (Å²) in [6.45, 7) is 5.19. The Morgan fingerprint density at radius 2 is 0.737 bits per heavy atom. The van der Waals surface area contributed by atoms with Gasteiger partial charge in [0, 0.05) is 6.42 Å². The molecule has 0 atom stereocenters. The first-order valence-electron chi connectivity index (χ1n) is 17.6. The van der Waals surface area contributed by atoms with Crippen molar-refractivity contribution in [1.29, 1.82) is 0 Å². The third-order valence-corrected chi connectivity index (χ3v) is 7.90. The Kier molecular flexibility index (Phi) is 33.5. The first-order chi connectivity index (χ1) is 18.8. The van der Waals surface area contributed by atoms with Crippen molar-refractivity contribution in [3.05, 3.63) is 12.2 Å². The Bertz CT molecular complexity index is 470. The van der Waals surface area contributed by atoms with Gasteiger partial charge in [0.25, 0.3) is 0 Å². The fraction of sp³-hybridized carbons (Fsp3) is 0.917. The third-order valence-electron chi connectivity index (χ3n) is 7.90. The Balaban J connectivity index is 3.18. The van der Waals surface area contributed by atoms with Crippen LogP contribution in [0.3, 0.4) is 0 Å². The van der Waals surface area contributed by atoms with Gasteiger partial charge in [-0.15, -0.1) is 0 Å². The van der Waals surface area contributed by atoms with Crippen LogP contribution < -0.4 is 0 Å². The molecule has 0 bridgehead atoms. The number of carbonyl (C=O) groups is 1. The van der Waals surface area contributed by atoms with E-state index in [9.17, 15) is 4.79 Å². The molecule has 0 heterocycles. The average molecular weight is 535 g/mol. The Morgan fingerprint density at radius 3 is 1.13 bits per heavy atom. The molecule has 0 aromatic heterocycles. The zero-order chi connectivity index (χ0) is 27.6. The van der Waals surface area contributed by atoms with Crippen LogP contribution >= 0.6 is 0 Å². The lowest BCUT2D eigenvalue weighted by Crippen LogP contribution is -2.05. The average Bonchev–Trinajstić information content (AvgIpc) is 2.92. The Labute approximate surface area is 240 Å². The summed E-state index contributed by atoms with van der Waals surface area (Å²) in [4.78, 5) is 11.9. The molecule has 0 aliphatic carbocycles. The van der Waals surface area contributed by atoms with Crippen molar-refractivity contribution in [3.8, 4) is 0 Å². The summed E-state index contributed by atoms with van der Waals surface area (Å²) >= 11 is 0. The summed E-state index contributed by atoms with van der Waals surface area (Å²) in [7, 11) is 0. The van der Waals surface area contributed by atoms with Crippen LogP contribution in [0.1, 0.15) is 206 Å². The Morgan fingerprint density at radius 1 is 0.421 bits per heavy atom. The summed E-state index contributed by atoms with van der Waals surface area (Å²) in [6.07, 6.45) is 44.1. The molecule has 0 saturated carbocycles. The van der Waals surface area contributed by atoms with Gasteiger partial charge in [0.05, 0.1) is 6.61 Å². The lowest BCUT2D eigenvalue weighted by molar-refractivity contribution is -0.143. The van der Waals surface area contributed by atoms with Crippen LogP contribution in [-0.2, 0) is 9.53 Å². The fourth-order valence-corrected chi connectivity index (χ4v) is 5.25. The molecular weight excluding hydrogens is 464 g/mol. The summed E-state index contributed by atoms with van der Waals surface area (Å²) in [5, 5.41) is 0. The van der Waals surface area contributed by atoms with Gasteiger partial charge in [-0.1, -0.05) is 174 Å². The number of rotatable bonds is 32. The van der Waals surface area contributed by atoms with Gasteiger partial charge in [-0.2, -0.15) is 0 Å². The topological polar surface area (TPSA) is 26.3 Å². The molecule has 0 N–H and O–H groups in total. The highest BCUT2D eigenvalue weighted by Gasteiger charge is 2.02. The normalized spacial score (nSPS) is 11.5. The highest BCUT2D eigenvalue weighted by Crippen LogP contribution is 2.14. The van der Waals surface area contributed by atoms with Crippen molar-refractivity contribution < 1.29 is 9.53 Å². The second-order valence-electron chi connectivity index (χ2n) is 11.9. The number of ether oxygens (including phenoxy) is 1. The molecule has 2 nitrogen and oxygen atoms in total. The van der Waals surface area contributed by atoms with E-state index in [1.165, 1.54) is 173 Å². The maximum Gasteiger partial charge on any atom is 0.305 e. The molecule has 0 spiro atoms. The van der Waals surface area contributed by atoms with Crippen molar-refractivity contribution in [2.75, 3.05) is 6.61 Å². The van der Waals surface area contributed by atoms with Crippen LogP contribution in [0.5, 0.6) is 0 Å².